The van der Waals surface area contributed by atoms with Gasteiger partial charge in [-0.05, 0) is 92.8 Å². The molecule has 7 unspecified atom stereocenters. The van der Waals surface area contributed by atoms with E-state index in [2.05, 4.69) is 13.8 Å². The first-order chi connectivity index (χ1) is 13.4. The van der Waals surface area contributed by atoms with Crippen LogP contribution in [0.3, 0.4) is 0 Å². The van der Waals surface area contributed by atoms with Crippen molar-refractivity contribution in [1.29, 1.82) is 0 Å². The van der Waals surface area contributed by atoms with Gasteiger partial charge in [0.05, 0.1) is 0 Å². The lowest BCUT2D eigenvalue weighted by atomic mass is 9.41. The van der Waals surface area contributed by atoms with Gasteiger partial charge in [-0.15, -0.1) is 0 Å². The summed E-state index contributed by atoms with van der Waals surface area (Å²) >= 11 is 0. The van der Waals surface area contributed by atoms with Crippen LogP contribution in [0.25, 0.3) is 0 Å². The monoisotopic (exact) mass is 390 g/mol. The summed E-state index contributed by atoms with van der Waals surface area (Å²) in [7, 11) is 0. The third-order valence-corrected chi connectivity index (χ3v) is 10.1. The first kappa shape index (κ1) is 20.2. The van der Waals surface area contributed by atoms with E-state index in [1.165, 1.54) is 44.9 Å². The van der Waals surface area contributed by atoms with Crippen molar-refractivity contribution in [1.82, 2.24) is 0 Å². The molecule has 0 spiro atoms. The fraction of sp³-hybridized carbons (Fsp3) is 0.917. The SMILES string of the molecule is CC12CCCCC1(C)C1CCC3(OC=O)C(CCCC(=O)O)CCC3C1CC2. The number of fused-ring (bicyclic) bond motifs is 5. The van der Waals surface area contributed by atoms with Crippen molar-refractivity contribution in [3.63, 3.8) is 0 Å². The maximum absolute atomic E-state index is 11.5. The third kappa shape index (κ3) is 2.92. The van der Waals surface area contributed by atoms with Gasteiger partial charge >= 0.3 is 5.97 Å². The number of hydrogen-bond acceptors (Lipinski definition) is 3. The minimum Gasteiger partial charge on any atom is -0.481 e. The van der Waals surface area contributed by atoms with E-state index in [1.807, 2.05) is 0 Å². The van der Waals surface area contributed by atoms with E-state index in [0.717, 1.165) is 31.6 Å². The zero-order valence-electron chi connectivity index (χ0n) is 17.8. The van der Waals surface area contributed by atoms with Gasteiger partial charge in [0.1, 0.15) is 5.60 Å². The first-order valence-electron chi connectivity index (χ1n) is 11.7. The molecule has 158 valence electrons. The van der Waals surface area contributed by atoms with Gasteiger partial charge < -0.3 is 9.84 Å². The maximum Gasteiger partial charge on any atom is 0.303 e. The standard InChI is InChI=1S/C24H38O4/c1-22-12-3-4-13-23(22,2)19-11-15-24(28-16-25)17(6-5-7-21(26)27)8-9-20(24)18(19)10-14-22/h16-20H,3-15H2,1-2H3,(H,26,27). The van der Waals surface area contributed by atoms with E-state index >= 15 is 0 Å². The molecule has 1 N–H and O–H groups in total. The topological polar surface area (TPSA) is 63.6 Å². The Morgan fingerprint density at radius 2 is 1.82 bits per heavy atom. The number of carbonyl (C=O) groups excluding carboxylic acids is 1. The second-order valence-corrected chi connectivity index (χ2v) is 10.9. The summed E-state index contributed by atoms with van der Waals surface area (Å²) in [6.45, 7) is 5.82. The Hall–Kier alpha value is -1.06. The Morgan fingerprint density at radius 3 is 2.57 bits per heavy atom. The maximum atomic E-state index is 11.5. The van der Waals surface area contributed by atoms with Crippen molar-refractivity contribution in [2.75, 3.05) is 0 Å². The average Bonchev–Trinajstić information content (AvgIpc) is 3.01. The molecule has 4 aliphatic carbocycles. The molecule has 4 saturated carbocycles. The Labute approximate surface area is 169 Å². The van der Waals surface area contributed by atoms with E-state index in [0.29, 0.717) is 41.5 Å². The van der Waals surface area contributed by atoms with Gasteiger partial charge in [-0.1, -0.05) is 26.7 Å². The molecular weight excluding hydrogens is 352 g/mol. The molecule has 0 heterocycles. The van der Waals surface area contributed by atoms with Gasteiger partial charge in [-0.25, -0.2) is 0 Å². The molecule has 0 aromatic heterocycles. The highest BCUT2D eigenvalue weighted by Gasteiger charge is 2.64. The Morgan fingerprint density at radius 1 is 1.04 bits per heavy atom. The highest BCUT2D eigenvalue weighted by atomic mass is 16.5. The van der Waals surface area contributed by atoms with Crippen LogP contribution >= 0.6 is 0 Å². The van der Waals surface area contributed by atoms with Crippen molar-refractivity contribution in [3.05, 3.63) is 0 Å². The molecule has 4 fully saturated rings. The highest BCUT2D eigenvalue weighted by molar-refractivity contribution is 5.66. The molecule has 0 aliphatic heterocycles. The number of carboxylic acid groups (broad SMARTS) is 1. The van der Waals surface area contributed by atoms with E-state index in [9.17, 15) is 9.59 Å². The van der Waals surface area contributed by atoms with Gasteiger partial charge in [0, 0.05) is 12.3 Å². The lowest BCUT2D eigenvalue weighted by Gasteiger charge is -2.64. The van der Waals surface area contributed by atoms with Crippen LogP contribution in [0.15, 0.2) is 0 Å². The molecule has 4 aliphatic rings. The Balaban J connectivity index is 1.57. The van der Waals surface area contributed by atoms with Gasteiger partial charge in [-0.3, -0.25) is 9.59 Å². The van der Waals surface area contributed by atoms with Crippen molar-refractivity contribution in [2.24, 2.45) is 34.5 Å². The van der Waals surface area contributed by atoms with Crippen LogP contribution < -0.4 is 0 Å². The predicted octanol–water partition coefficient (Wildman–Crippen LogP) is 5.59. The molecule has 0 radical (unpaired) electrons. The van der Waals surface area contributed by atoms with Gasteiger partial charge in [0.2, 0.25) is 0 Å². The van der Waals surface area contributed by atoms with Crippen LogP contribution in [0, 0.1) is 34.5 Å². The van der Waals surface area contributed by atoms with E-state index in [4.69, 9.17) is 9.84 Å². The van der Waals surface area contributed by atoms with Crippen LogP contribution in [0.5, 0.6) is 0 Å². The van der Waals surface area contributed by atoms with E-state index in [1.54, 1.807) is 0 Å². The number of ether oxygens (including phenoxy) is 1. The summed E-state index contributed by atoms with van der Waals surface area (Å²) < 4.78 is 5.98. The summed E-state index contributed by atoms with van der Waals surface area (Å²) in [5.74, 6) is 1.54. The van der Waals surface area contributed by atoms with Crippen LogP contribution in [0.4, 0.5) is 0 Å². The molecule has 4 nitrogen and oxygen atoms in total. The molecule has 0 saturated heterocycles. The van der Waals surface area contributed by atoms with Crippen molar-refractivity contribution < 1.29 is 19.4 Å². The summed E-state index contributed by atoms with van der Waals surface area (Å²) in [6.07, 6.45) is 14.3. The molecule has 28 heavy (non-hydrogen) atoms. The highest BCUT2D eigenvalue weighted by Crippen LogP contribution is 2.69. The van der Waals surface area contributed by atoms with Crippen molar-refractivity contribution in [3.8, 4) is 0 Å². The fourth-order valence-electron chi connectivity index (χ4n) is 8.55. The molecule has 0 aromatic carbocycles. The first-order valence-corrected chi connectivity index (χ1v) is 11.7. The van der Waals surface area contributed by atoms with Crippen LogP contribution in [-0.2, 0) is 14.3 Å². The third-order valence-electron chi connectivity index (χ3n) is 10.1. The zero-order valence-corrected chi connectivity index (χ0v) is 17.8. The van der Waals surface area contributed by atoms with Crippen LogP contribution in [0.2, 0.25) is 0 Å². The number of carboxylic acids is 1. The fourth-order valence-corrected chi connectivity index (χ4v) is 8.55. The number of rotatable bonds is 6. The second kappa shape index (κ2) is 7.32. The van der Waals surface area contributed by atoms with Crippen molar-refractivity contribution >= 4 is 12.4 Å². The average molecular weight is 391 g/mol. The van der Waals surface area contributed by atoms with E-state index in [-0.39, 0.29) is 12.0 Å². The van der Waals surface area contributed by atoms with E-state index < -0.39 is 5.97 Å². The van der Waals surface area contributed by atoms with Crippen molar-refractivity contribution in [2.45, 2.75) is 103 Å². The predicted molar refractivity (Wildman–Crippen MR) is 108 cm³/mol. The van der Waals surface area contributed by atoms with Crippen LogP contribution in [0.1, 0.15) is 97.3 Å². The summed E-state index contributed by atoms with van der Waals surface area (Å²) in [6, 6.07) is 0. The molecular formula is C24H38O4. The van der Waals surface area contributed by atoms with Crippen LogP contribution in [-0.4, -0.2) is 23.1 Å². The molecule has 4 rings (SSSR count). The summed E-state index contributed by atoms with van der Waals surface area (Å²) in [5.41, 5.74) is 0.598. The summed E-state index contributed by atoms with van der Waals surface area (Å²) in [5, 5.41) is 9.02. The summed E-state index contributed by atoms with van der Waals surface area (Å²) in [4.78, 5) is 22.5. The quantitative estimate of drug-likeness (QED) is 0.601. The number of hydrogen-bond donors (Lipinski definition) is 1. The number of carbonyl (C=O) groups is 2. The molecule has 0 amide bonds. The Kier molecular flexibility index (Phi) is 5.29. The molecule has 7 atom stereocenters. The molecule has 0 bridgehead atoms. The van der Waals surface area contributed by atoms with Gasteiger partial charge in [-0.2, -0.15) is 0 Å². The normalized spacial score (nSPS) is 47.5. The second-order valence-electron chi connectivity index (χ2n) is 10.9. The largest absolute Gasteiger partial charge is 0.481 e. The molecule has 0 aromatic rings. The lowest BCUT2D eigenvalue weighted by Crippen LogP contribution is -2.59. The minimum absolute atomic E-state index is 0.223. The minimum atomic E-state index is -0.722. The number of aliphatic carboxylic acids is 1. The molecule has 4 heteroatoms. The van der Waals surface area contributed by atoms with Gasteiger partial charge in [0.15, 0.2) is 0 Å². The lowest BCUT2D eigenvalue weighted by molar-refractivity contribution is -0.196. The Bertz CT molecular complexity index is 618. The smallest absolute Gasteiger partial charge is 0.303 e. The van der Waals surface area contributed by atoms with Gasteiger partial charge in [0.25, 0.3) is 6.47 Å². The zero-order chi connectivity index (χ0) is 20.0.